The van der Waals surface area contributed by atoms with Crippen molar-refractivity contribution in [2.75, 3.05) is 19.7 Å². The summed E-state index contributed by atoms with van der Waals surface area (Å²) in [6, 6.07) is 24.7. The number of hydrogen-bond donors (Lipinski definition) is 1. The molecule has 3 aromatic rings. The first-order chi connectivity index (χ1) is 16.2. The zero-order chi connectivity index (χ0) is 22.6. The predicted octanol–water partition coefficient (Wildman–Crippen LogP) is 4.32. The van der Waals surface area contributed by atoms with E-state index in [1.807, 2.05) is 78.9 Å². The number of piperidine rings is 1. The molecule has 0 aliphatic carbocycles. The molecule has 0 radical (unpaired) electrons. The third-order valence-electron chi connectivity index (χ3n) is 6.29. The van der Waals surface area contributed by atoms with Gasteiger partial charge in [0.2, 0.25) is 5.91 Å². The van der Waals surface area contributed by atoms with Crippen LogP contribution >= 0.6 is 0 Å². The lowest BCUT2D eigenvalue weighted by Crippen LogP contribution is -2.45. The summed E-state index contributed by atoms with van der Waals surface area (Å²) in [6.07, 6.45) is 1.27. The number of ether oxygens (including phenoxy) is 2. The molecule has 5 rings (SSSR count). The topological polar surface area (TPSA) is 67.9 Å². The molecule has 0 atom stereocenters. The van der Waals surface area contributed by atoms with E-state index in [9.17, 15) is 9.59 Å². The summed E-state index contributed by atoms with van der Waals surface area (Å²) < 4.78 is 11.6. The summed E-state index contributed by atoms with van der Waals surface area (Å²) in [5.41, 5.74) is 1.91. The van der Waals surface area contributed by atoms with Crippen molar-refractivity contribution in [2.24, 2.45) is 5.92 Å². The molecule has 2 heterocycles. The number of fused-ring (bicyclic) bond motifs is 2. The molecule has 168 valence electrons. The molecular weight excluding hydrogens is 416 g/mol. The number of likely N-dealkylation sites (tertiary alicyclic amines) is 1. The average molecular weight is 443 g/mol. The second kappa shape index (κ2) is 9.36. The lowest BCUT2D eigenvalue weighted by molar-refractivity contribution is -0.137. The Balaban J connectivity index is 1.20. The van der Waals surface area contributed by atoms with E-state index in [-0.39, 0.29) is 30.4 Å². The molecular formula is C27H26N2O4. The Kier molecular flexibility index (Phi) is 5.98. The zero-order valence-corrected chi connectivity index (χ0v) is 18.3. The fourth-order valence-electron chi connectivity index (χ4n) is 4.47. The molecule has 1 N–H and O–H groups in total. The summed E-state index contributed by atoms with van der Waals surface area (Å²) in [5, 5.41) is 3.24. The molecule has 2 amide bonds. The van der Waals surface area contributed by atoms with E-state index < -0.39 is 0 Å². The van der Waals surface area contributed by atoms with Crippen molar-refractivity contribution < 1.29 is 19.1 Å². The van der Waals surface area contributed by atoms with Crippen molar-refractivity contribution >= 4 is 11.8 Å². The highest BCUT2D eigenvalue weighted by atomic mass is 16.5. The maximum atomic E-state index is 13.2. The van der Waals surface area contributed by atoms with Gasteiger partial charge in [-0.1, -0.05) is 54.6 Å². The van der Waals surface area contributed by atoms with Crippen molar-refractivity contribution in [1.29, 1.82) is 0 Å². The number of benzene rings is 3. The number of para-hydroxylation sites is 3. The van der Waals surface area contributed by atoms with Gasteiger partial charge in [0, 0.05) is 30.1 Å². The lowest BCUT2D eigenvalue weighted by Gasteiger charge is -2.33. The van der Waals surface area contributed by atoms with Gasteiger partial charge in [-0.3, -0.25) is 9.59 Å². The van der Waals surface area contributed by atoms with Gasteiger partial charge in [0.1, 0.15) is 17.2 Å². The Morgan fingerprint density at radius 1 is 0.848 bits per heavy atom. The smallest absolute Gasteiger partial charge is 0.260 e. The maximum Gasteiger partial charge on any atom is 0.260 e. The molecule has 2 aliphatic heterocycles. The minimum atomic E-state index is -0.252. The first-order valence-corrected chi connectivity index (χ1v) is 11.3. The fourth-order valence-corrected chi connectivity index (χ4v) is 4.47. The first-order valence-electron chi connectivity index (χ1n) is 11.3. The molecule has 0 aromatic heterocycles. The number of nitrogens with zero attached hydrogens (tertiary/aromatic N) is 1. The zero-order valence-electron chi connectivity index (χ0n) is 18.3. The van der Waals surface area contributed by atoms with Crippen LogP contribution in [0.1, 0.15) is 30.0 Å². The summed E-state index contributed by atoms with van der Waals surface area (Å²) in [7, 11) is 0. The normalized spacial score (nSPS) is 15.7. The molecule has 33 heavy (non-hydrogen) atoms. The monoisotopic (exact) mass is 442 g/mol. The van der Waals surface area contributed by atoms with Crippen LogP contribution in [0.15, 0.2) is 78.9 Å². The largest absolute Gasteiger partial charge is 0.484 e. The Hall–Kier alpha value is -3.80. The number of hydrogen-bond acceptors (Lipinski definition) is 4. The summed E-state index contributed by atoms with van der Waals surface area (Å²) in [4.78, 5) is 27.5. The van der Waals surface area contributed by atoms with Crippen molar-refractivity contribution in [3.63, 3.8) is 0 Å². The van der Waals surface area contributed by atoms with Crippen LogP contribution in [0.4, 0.5) is 0 Å². The van der Waals surface area contributed by atoms with Crippen molar-refractivity contribution in [2.45, 2.75) is 18.9 Å². The van der Waals surface area contributed by atoms with Crippen molar-refractivity contribution in [3.05, 3.63) is 90.0 Å². The molecule has 3 aromatic carbocycles. The number of rotatable bonds is 5. The van der Waals surface area contributed by atoms with E-state index in [4.69, 9.17) is 9.47 Å². The minimum Gasteiger partial charge on any atom is -0.484 e. The number of nitrogens with one attached hydrogen (secondary N) is 1. The van der Waals surface area contributed by atoms with Crippen LogP contribution in [0.5, 0.6) is 17.2 Å². The lowest BCUT2D eigenvalue weighted by atomic mass is 9.91. The van der Waals surface area contributed by atoms with Gasteiger partial charge in [-0.2, -0.15) is 0 Å². The molecule has 6 heteroatoms. The van der Waals surface area contributed by atoms with Crippen molar-refractivity contribution in [3.8, 4) is 17.2 Å². The standard InChI is InChI=1S/C27H26N2O4/c30-25(18-32-20-8-2-1-3-9-20)29-16-14-19(15-17-29)27(31)28-26-21-10-4-6-12-23(21)33-24-13-7-5-11-22(24)26/h1-13,19,26H,14-18H2,(H,28,31). The van der Waals surface area contributed by atoms with E-state index in [2.05, 4.69) is 5.32 Å². The summed E-state index contributed by atoms with van der Waals surface area (Å²) in [6.45, 7) is 1.11. The Morgan fingerprint density at radius 3 is 2.06 bits per heavy atom. The number of carbonyl (C=O) groups is 2. The van der Waals surface area contributed by atoms with Crippen LogP contribution in [0, 0.1) is 5.92 Å². The molecule has 0 saturated carbocycles. The summed E-state index contributed by atoms with van der Waals surface area (Å²) >= 11 is 0. The van der Waals surface area contributed by atoms with Crippen LogP contribution in [-0.4, -0.2) is 36.4 Å². The Labute approximate surface area is 193 Å². The van der Waals surface area contributed by atoms with Crippen molar-refractivity contribution in [1.82, 2.24) is 10.2 Å². The van der Waals surface area contributed by atoms with Gasteiger partial charge in [0.05, 0.1) is 6.04 Å². The predicted molar refractivity (Wildman–Crippen MR) is 124 cm³/mol. The maximum absolute atomic E-state index is 13.2. The average Bonchev–Trinajstić information content (AvgIpc) is 2.87. The van der Waals surface area contributed by atoms with Gasteiger partial charge in [-0.15, -0.1) is 0 Å². The quantitative estimate of drug-likeness (QED) is 0.639. The van der Waals surface area contributed by atoms with Gasteiger partial charge in [-0.05, 0) is 37.1 Å². The minimum absolute atomic E-state index is 0.0104. The Morgan fingerprint density at radius 2 is 1.42 bits per heavy atom. The highest BCUT2D eigenvalue weighted by molar-refractivity contribution is 5.81. The molecule has 2 aliphatic rings. The van der Waals surface area contributed by atoms with E-state index in [1.54, 1.807) is 4.90 Å². The summed E-state index contributed by atoms with van der Waals surface area (Å²) in [5.74, 6) is 2.04. The highest BCUT2D eigenvalue weighted by Gasteiger charge is 2.32. The molecule has 0 bridgehead atoms. The van der Waals surface area contributed by atoms with Gasteiger partial charge in [0.15, 0.2) is 6.61 Å². The van der Waals surface area contributed by atoms with E-state index >= 15 is 0 Å². The van der Waals surface area contributed by atoms with Crippen LogP contribution < -0.4 is 14.8 Å². The van der Waals surface area contributed by atoms with E-state index in [1.165, 1.54) is 0 Å². The van der Waals surface area contributed by atoms with E-state index in [0.29, 0.717) is 31.7 Å². The van der Waals surface area contributed by atoms with E-state index in [0.717, 1.165) is 22.6 Å². The van der Waals surface area contributed by atoms with Crippen LogP contribution in [-0.2, 0) is 9.59 Å². The molecule has 0 unspecified atom stereocenters. The Bertz CT molecular complexity index is 1090. The van der Waals surface area contributed by atoms with Gasteiger partial charge < -0.3 is 19.7 Å². The van der Waals surface area contributed by atoms with Gasteiger partial charge in [0.25, 0.3) is 5.91 Å². The second-order valence-corrected chi connectivity index (χ2v) is 8.38. The van der Waals surface area contributed by atoms with Crippen LogP contribution in [0.2, 0.25) is 0 Å². The van der Waals surface area contributed by atoms with Crippen LogP contribution in [0.3, 0.4) is 0 Å². The van der Waals surface area contributed by atoms with Gasteiger partial charge in [-0.25, -0.2) is 0 Å². The third kappa shape index (κ3) is 4.55. The third-order valence-corrected chi connectivity index (χ3v) is 6.29. The molecule has 1 fully saturated rings. The fraction of sp³-hybridized carbons (Fsp3) is 0.259. The highest BCUT2D eigenvalue weighted by Crippen LogP contribution is 2.42. The molecule has 1 saturated heterocycles. The molecule has 0 spiro atoms. The van der Waals surface area contributed by atoms with Crippen LogP contribution in [0.25, 0.3) is 0 Å². The number of amides is 2. The first kappa shape index (κ1) is 21.1. The van der Waals surface area contributed by atoms with Gasteiger partial charge >= 0.3 is 0 Å². The number of carbonyl (C=O) groups excluding carboxylic acids is 2. The SMILES string of the molecule is O=C(NC1c2ccccc2Oc2ccccc21)C1CCN(C(=O)COc2ccccc2)CC1. The molecule has 6 nitrogen and oxygen atoms in total. The second-order valence-electron chi connectivity index (χ2n) is 8.38.